The first-order valence-corrected chi connectivity index (χ1v) is 8.88. The van der Waals surface area contributed by atoms with E-state index in [4.69, 9.17) is 4.74 Å². The molecule has 2 nitrogen and oxygen atoms in total. The van der Waals surface area contributed by atoms with Gasteiger partial charge in [0.2, 0.25) is 0 Å². The summed E-state index contributed by atoms with van der Waals surface area (Å²) in [6.45, 7) is 4.24. The lowest BCUT2D eigenvalue weighted by molar-refractivity contribution is 0.342. The lowest BCUT2D eigenvalue weighted by Gasteiger charge is -2.22. The summed E-state index contributed by atoms with van der Waals surface area (Å²) in [4.78, 5) is 0. The summed E-state index contributed by atoms with van der Waals surface area (Å²) in [5.74, 6) is 4.01. The van der Waals surface area contributed by atoms with E-state index in [1.54, 1.807) is 0 Å². The van der Waals surface area contributed by atoms with E-state index in [9.17, 15) is 0 Å². The standard InChI is InChI=1S/C19H27NO/c1-2-11-20-18(17-14-7-3-4-8-15(14)17)16-9-5-6-13-10-12-21-19(13)16/h5-6,9,14-15,17-18,20H,2-4,7-8,10-12H2,1H3. The van der Waals surface area contributed by atoms with Crippen molar-refractivity contribution in [2.75, 3.05) is 13.2 Å². The molecule has 0 amide bonds. The fraction of sp³-hybridized carbons (Fsp3) is 0.684. The minimum absolute atomic E-state index is 0.520. The molecule has 1 heterocycles. The molecule has 2 saturated carbocycles. The van der Waals surface area contributed by atoms with E-state index in [-0.39, 0.29) is 0 Å². The molecule has 0 spiro atoms. The summed E-state index contributed by atoms with van der Waals surface area (Å²) in [7, 11) is 0. The first-order chi connectivity index (χ1) is 10.4. The molecular formula is C19H27NO. The molecule has 3 aliphatic rings. The Morgan fingerprint density at radius 1 is 1.24 bits per heavy atom. The molecule has 3 unspecified atom stereocenters. The molecule has 0 radical (unpaired) electrons. The highest BCUT2D eigenvalue weighted by Crippen LogP contribution is 2.61. The van der Waals surface area contributed by atoms with Crippen LogP contribution in [0.4, 0.5) is 0 Å². The maximum absolute atomic E-state index is 5.98. The van der Waals surface area contributed by atoms with Crippen LogP contribution in [0.2, 0.25) is 0 Å². The highest BCUT2D eigenvalue weighted by atomic mass is 16.5. The summed E-state index contributed by atoms with van der Waals surface area (Å²) in [5, 5.41) is 3.85. The largest absolute Gasteiger partial charge is 0.493 e. The van der Waals surface area contributed by atoms with E-state index in [0.717, 1.165) is 37.3 Å². The van der Waals surface area contributed by atoms with E-state index in [1.165, 1.54) is 49.0 Å². The van der Waals surface area contributed by atoms with Crippen molar-refractivity contribution in [3.63, 3.8) is 0 Å². The Bertz CT molecular complexity index is 500. The second-order valence-electron chi connectivity index (χ2n) is 7.06. The van der Waals surface area contributed by atoms with Gasteiger partial charge in [0.1, 0.15) is 5.75 Å². The van der Waals surface area contributed by atoms with Gasteiger partial charge in [0.15, 0.2) is 0 Å². The molecule has 114 valence electrons. The highest BCUT2D eigenvalue weighted by molar-refractivity contribution is 5.46. The van der Waals surface area contributed by atoms with Gasteiger partial charge in [-0.25, -0.2) is 0 Å². The van der Waals surface area contributed by atoms with Crippen LogP contribution in [0.1, 0.15) is 56.2 Å². The molecular weight excluding hydrogens is 258 g/mol. The maximum atomic E-state index is 5.98. The molecule has 0 saturated heterocycles. The molecule has 2 heteroatoms. The summed E-state index contributed by atoms with van der Waals surface area (Å²) in [6.07, 6.45) is 8.09. The fourth-order valence-electron chi connectivity index (χ4n) is 4.78. The predicted molar refractivity (Wildman–Crippen MR) is 85.6 cm³/mol. The van der Waals surface area contributed by atoms with E-state index in [2.05, 4.69) is 30.4 Å². The Labute approximate surface area is 128 Å². The molecule has 1 aromatic rings. The lowest BCUT2D eigenvalue weighted by Crippen LogP contribution is -2.25. The topological polar surface area (TPSA) is 21.3 Å². The second-order valence-corrected chi connectivity index (χ2v) is 7.06. The average Bonchev–Trinajstić information content (AvgIpc) is 3.03. The molecule has 1 N–H and O–H groups in total. The second kappa shape index (κ2) is 5.64. The van der Waals surface area contributed by atoms with Crippen molar-refractivity contribution in [3.05, 3.63) is 29.3 Å². The molecule has 21 heavy (non-hydrogen) atoms. The number of fused-ring (bicyclic) bond motifs is 2. The quantitative estimate of drug-likeness (QED) is 0.879. The summed E-state index contributed by atoms with van der Waals surface area (Å²) in [6, 6.07) is 7.30. The third-order valence-electron chi connectivity index (χ3n) is 5.80. The van der Waals surface area contributed by atoms with Crippen molar-refractivity contribution in [3.8, 4) is 5.75 Å². The van der Waals surface area contributed by atoms with Crippen LogP contribution >= 0.6 is 0 Å². The van der Waals surface area contributed by atoms with Gasteiger partial charge in [0.05, 0.1) is 6.61 Å². The Balaban J connectivity index is 1.62. The van der Waals surface area contributed by atoms with Gasteiger partial charge in [-0.1, -0.05) is 38.0 Å². The van der Waals surface area contributed by atoms with Gasteiger partial charge >= 0.3 is 0 Å². The van der Waals surface area contributed by atoms with Gasteiger partial charge in [0.25, 0.3) is 0 Å². The first-order valence-electron chi connectivity index (χ1n) is 8.88. The van der Waals surface area contributed by atoms with Gasteiger partial charge < -0.3 is 10.1 Å². The first kappa shape index (κ1) is 13.6. The van der Waals surface area contributed by atoms with Gasteiger partial charge in [-0.3, -0.25) is 0 Å². The van der Waals surface area contributed by atoms with Crippen molar-refractivity contribution >= 4 is 0 Å². The minimum Gasteiger partial charge on any atom is -0.493 e. The van der Waals surface area contributed by atoms with Gasteiger partial charge in [-0.15, -0.1) is 0 Å². The Kier molecular flexibility index (Phi) is 3.66. The molecule has 0 aromatic heterocycles. The number of rotatable bonds is 5. The van der Waals surface area contributed by atoms with E-state index < -0.39 is 0 Å². The normalized spacial score (nSPS) is 31.2. The zero-order valence-electron chi connectivity index (χ0n) is 13.1. The average molecular weight is 285 g/mol. The van der Waals surface area contributed by atoms with Crippen LogP contribution in [-0.4, -0.2) is 13.2 Å². The Morgan fingerprint density at radius 3 is 2.81 bits per heavy atom. The van der Waals surface area contributed by atoms with Gasteiger partial charge in [0, 0.05) is 18.0 Å². The fourth-order valence-corrected chi connectivity index (χ4v) is 4.78. The number of hydrogen-bond acceptors (Lipinski definition) is 2. The van der Waals surface area contributed by atoms with Crippen molar-refractivity contribution in [1.29, 1.82) is 0 Å². The number of ether oxygens (including phenoxy) is 1. The van der Waals surface area contributed by atoms with Crippen LogP contribution in [0.3, 0.4) is 0 Å². The van der Waals surface area contributed by atoms with Crippen LogP contribution in [0, 0.1) is 17.8 Å². The Hall–Kier alpha value is -1.02. The van der Waals surface area contributed by atoms with E-state index >= 15 is 0 Å². The summed E-state index contributed by atoms with van der Waals surface area (Å²) in [5.41, 5.74) is 2.86. The minimum atomic E-state index is 0.520. The van der Waals surface area contributed by atoms with Crippen molar-refractivity contribution in [2.24, 2.45) is 17.8 Å². The molecule has 2 aliphatic carbocycles. The third-order valence-corrected chi connectivity index (χ3v) is 5.80. The highest BCUT2D eigenvalue weighted by Gasteiger charge is 2.54. The molecule has 4 rings (SSSR count). The van der Waals surface area contributed by atoms with Gasteiger partial charge in [-0.2, -0.15) is 0 Å². The number of nitrogens with one attached hydrogen (secondary N) is 1. The van der Waals surface area contributed by atoms with Crippen LogP contribution in [0.5, 0.6) is 5.75 Å². The van der Waals surface area contributed by atoms with Crippen LogP contribution < -0.4 is 10.1 Å². The molecule has 1 aliphatic heterocycles. The molecule has 2 fully saturated rings. The number of para-hydroxylation sites is 1. The van der Waals surface area contributed by atoms with E-state index in [1.807, 2.05) is 0 Å². The van der Waals surface area contributed by atoms with E-state index in [0.29, 0.717) is 6.04 Å². The van der Waals surface area contributed by atoms with Crippen molar-refractivity contribution in [2.45, 2.75) is 51.5 Å². The van der Waals surface area contributed by atoms with Crippen LogP contribution in [0.15, 0.2) is 18.2 Å². The lowest BCUT2D eigenvalue weighted by atomic mass is 9.96. The molecule has 3 atom stereocenters. The van der Waals surface area contributed by atoms with Crippen molar-refractivity contribution in [1.82, 2.24) is 5.32 Å². The van der Waals surface area contributed by atoms with Crippen LogP contribution in [-0.2, 0) is 6.42 Å². The smallest absolute Gasteiger partial charge is 0.127 e. The third kappa shape index (κ3) is 2.38. The SMILES string of the molecule is CCCNC(c1cccc2c1OCC2)C1C2CCCCC21. The number of benzene rings is 1. The number of hydrogen-bond donors (Lipinski definition) is 1. The maximum Gasteiger partial charge on any atom is 0.127 e. The van der Waals surface area contributed by atoms with Crippen LogP contribution in [0.25, 0.3) is 0 Å². The predicted octanol–water partition coefficient (Wildman–Crippen LogP) is 4.10. The van der Waals surface area contributed by atoms with Crippen molar-refractivity contribution < 1.29 is 4.74 Å². The monoisotopic (exact) mass is 285 g/mol. The zero-order valence-corrected chi connectivity index (χ0v) is 13.1. The summed E-state index contributed by atoms with van der Waals surface area (Å²) < 4.78 is 5.98. The zero-order chi connectivity index (χ0) is 14.2. The molecule has 1 aromatic carbocycles. The summed E-state index contributed by atoms with van der Waals surface area (Å²) >= 11 is 0. The Morgan fingerprint density at radius 2 is 2.05 bits per heavy atom. The molecule has 0 bridgehead atoms. The van der Waals surface area contributed by atoms with Gasteiger partial charge in [-0.05, 0) is 49.1 Å².